The third-order valence-electron chi connectivity index (χ3n) is 3.71. The van der Waals surface area contributed by atoms with E-state index in [1.54, 1.807) is 7.11 Å². The first kappa shape index (κ1) is 16.0. The predicted octanol–water partition coefficient (Wildman–Crippen LogP) is 3.21. The van der Waals surface area contributed by atoms with Crippen LogP contribution in [0.3, 0.4) is 0 Å². The maximum absolute atomic E-state index is 6.09. The molecule has 0 atom stereocenters. The summed E-state index contributed by atoms with van der Waals surface area (Å²) in [5.74, 6) is 0. The first-order valence-corrected chi connectivity index (χ1v) is 7.20. The van der Waals surface area contributed by atoms with Crippen LogP contribution in [0, 0.1) is 6.92 Å². The fourth-order valence-corrected chi connectivity index (χ4v) is 2.49. The molecular formula is C16H28N2O. The molecule has 0 bridgehead atoms. The van der Waals surface area contributed by atoms with Crippen LogP contribution in [0.15, 0.2) is 18.2 Å². The van der Waals surface area contributed by atoms with Gasteiger partial charge in [0, 0.05) is 31.9 Å². The van der Waals surface area contributed by atoms with Crippen molar-refractivity contribution in [3.05, 3.63) is 29.3 Å². The molecule has 1 aromatic rings. The van der Waals surface area contributed by atoms with Crippen LogP contribution in [0.5, 0.6) is 0 Å². The molecule has 3 heteroatoms. The first-order chi connectivity index (χ1) is 9.12. The topological polar surface area (TPSA) is 38.5 Å². The lowest BCUT2D eigenvalue weighted by Crippen LogP contribution is -2.36. The van der Waals surface area contributed by atoms with E-state index >= 15 is 0 Å². The van der Waals surface area contributed by atoms with Gasteiger partial charge in [-0.1, -0.05) is 31.5 Å². The highest BCUT2D eigenvalue weighted by atomic mass is 16.5. The van der Waals surface area contributed by atoms with Gasteiger partial charge in [-0.15, -0.1) is 0 Å². The lowest BCUT2D eigenvalue weighted by Gasteiger charge is -2.30. The van der Waals surface area contributed by atoms with E-state index in [2.05, 4.69) is 37.8 Å². The summed E-state index contributed by atoms with van der Waals surface area (Å²) in [5.41, 5.74) is 9.47. The van der Waals surface area contributed by atoms with Gasteiger partial charge < -0.3 is 10.5 Å². The number of rotatable bonds is 8. The molecule has 2 N–H and O–H groups in total. The van der Waals surface area contributed by atoms with E-state index in [1.807, 2.05) is 6.07 Å². The molecule has 0 aromatic heterocycles. The highest BCUT2D eigenvalue weighted by Gasteiger charge is 2.16. The van der Waals surface area contributed by atoms with E-state index in [0.717, 1.165) is 38.2 Å². The smallest absolute Gasteiger partial charge is 0.0589 e. The SMILES string of the molecule is CCC(CC)N(CCOC)Cc1cc(C)ccc1N. The minimum atomic E-state index is 0.593. The molecular weight excluding hydrogens is 236 g/mol. The number of ether oxygens (including phenoxy) is 1. The molecule has 19 heavy (non-hydrogen) atoms. The van der Waals surface area contributed by atoms with E-state index in [0.29, 0.717) is 6.04 Å². The van der Waals surface area contributed by atoms with Crippen molar-refractivity contribution in [2.45, 2.75) is 46.2 Å². The first-order valence-electron chi connectivity index (χ1n) is 7.20. The zero-order valence-electron chi connectivity index (χ0n) is 12.8. The number of benzene rings is 1. The Morgan fingerprint density at radius 3 is 2.53 bits per heavy atom. The molecule has 0 unspecified atom stereocenters. The fraction of sp³-hybridized carbons (Fsp3) is 0.625. The van der Waals surface area contributed by atoms with Crippen molar-refractivity contribution in [3.8, 4) is 0 Å². The zero-order valence-corrected chi connectivity index (χ0v) is 12.8. The largest absolute Gasteiger partial charge is 0.398 e. The van der Waals surface area contributed by atoms with Crippen LogP contribution in [0.2, 0.25) is 0 Å². The van der Waals surface area contributed by atoms with Gasteiger partial charge >= 0.3 is 0 Å². The number of hydrogen-bond acceptors (Lipinski definition) is 3. The van der Waals surface area contributed by atoms with Crippen molar-refractivity contribution in [2.24, 2.45) is 0 Å². The molecule has 0 fully saturated rings. The van der Waals surface area contributed by atoms with Crippen LogP contribution in [0.4, 0.5) is 5.69 Å². The van der Waals surface area contributed by atoms with Gasteiger partial charge in [-0.25, -0.2) is 0 Å². The van der Waals surface area contributed by atoms with Crippen molar-refractivity contribution in [1.82, 2.24) is 4.90 Å². The summed E-state index contributed by atoms with van der Waals surface area (Å²) < 4.78 is 5.23. The quantitative estimate of drug-likeness (QED) is 0.733. The molecule has 0 amide bonds. The Bertz CT molecular complexity index is 375. The monoisotopic (exact) mass is 264 g/mol. The van der Waals surface area contributed by atoms with Crippen LogP contribution in [-0.2, 0) is 11.3 Å². The van der Waals surface area contributed by atoms with Crippen molar-refractivity contribution >= 4 is 5.69 Å². The summed E-state index contributed by atoms with van der Waals surface area (Å²) in [4.78, 5) is 2.48. The van der Waals surface area contributed by atoms with Crippen molar-refractivity contribution in [3.63, 3.8) is 0 Å². The van der Waals surface area contributed by atoms with Crippen LogP contribution in [0.1, 0.15) is 37.8 Å². The summed E-state index contributed by atoms with van der Waals surface area (Å²) in [5, 5.41) is 0. The van der Waals surface area contributed by atoms with E-state index in [9.17, 15) is 0 Å². The normalized spacial score (nSPS) is 11.5. The Hall–Kier alpha value is -1.06. The van der Waals surface area contributed by atoms with Crippen molar-refractivity contribution in [1.29, 1.82) is 0 Å². The van der Waals surface area contributed by atoms with Crippen LogP contribution in [-0.4, -0.2) is 31.2 Å². The average molecular weight is 264 g/mol. The minimum absolute atomic E-state index is 0.593. The molecule has 0 saturated heterocycles. The molecule has 1 rings (SSSR count). The number of hydrogen-bond donors (Lipinski definition) is 1. The third kappa shape index (κ3) is 4.84. The molecule has 0 heterocycles. The molecule has 0 saturated carbocycles. The summed E-state index contributed by atoms with van der Waals surface area (Å²) in [6.07, 6.45) is 2.32. The van der Waals surface area contributed by atoms with Gasteiger partial charge in [0.1, 0.15) is 0 Å². The second-order valence-electron chi connectivity index (χ2n) is 5.14. The number of nitrogens with zero attached hydrogens (tertiary/aromatic N) is 1. The predicted molar refractivity (Wildman–Crippen MR) is 82.2 cm³/mol. The van der Waals surface area contributed by atoms with Crippen molar-refractivity contribution < 1.29 is 4.74 Å². The number of anilines is 1. The van der Waals surface area contributed by atoms with Gasteiger partial charge in [0.2, 0.25) is 0 Å². The summed E-state index contributed by atoms with van der Waals surface area (Å²) in [7, 11) is 1.76. The van der Waals surface area contributed by atoms with Crippen LogP contribution < -0.4 is 5.73 Å². The van der Waals surface area contributed by atoms with Gasteiger partial charge in [-0.2, -0.15) is 0 Å². The Morgan fingerprint density at radius 1 is 1.26 bits per heavy atom. The second-order valence-corrected chi connectivity index (χ2v) is 5.14. The van der Waals surface area contributed by atoms with Crippen LogP contribution in [0.25, 0.3) is 0 Å². The van der Waals surface area contributed by atoms with E-state index < -0.39 is 0 Å². The Labute approximate surface area is 117 Å². The van der Waals surface area contributed by atoms with Gasteiger partial charge in [-0.05, 0) is 31.4 Å². The molecule has 3 nitrogen and oxygen atoms in total. The second kappa shape index (κ2) is 8.18. The van der Waals surface area contributed by atoms with Gasteiger partial charge in [-0.3, -0.25) is 4.90 Å². The van der Waals surface area contributed by atoms with Crippen LogP contribution >= 0.6 is 0 Å². The molecule has 0 radical (unpaired) electrons. The van der Waals surface area contributed by atoms with Gasteiger partial charge in [0.25, 0.3) is 0 Å². The average Bonchev–Trinajstić information content (AvgIpc) is 2.41. The number of aryl methyl sites for hydroxylation is 1. The standard InChI is InChI=1S/C16H28N2O/c1-5-15(6-2)18(9-10-19-4)12-14-11-13(3)7-8-16(14)17/h7-8,11,15H,5-6,9-10,12,17H2,1-4H3. The van der Waals surface area contributed by atoms with Crippen molar-refractivity contribution in [2.75, 3.05) is 26.0 Å². The van der Waals surface area contributed by atoms with E-state index in [4.69, 9.17) is 10.5 Å². The molecule has 0 aliphatic carbocycles. The Kier molecular flexibility index (Phi) is 6.89. The number of nitrogen functional groups attached to an aromatic ring is 1. The summed E-state index contributed by atoms with van der Waals surface area (Å²) in [6, 6.07) is 6.86. The molecule has 0 spiro atoms. The molecule has 1 aromatic carbocycles. The molecule has 0 aliphatic rings. The maximum atomic E-state index is 6.09. The molecule has 108 valence electrons. The number of methoxy groups -OCH3 is 1. The molecule has 0 aliphatic heterocycles. The fourth-order valence-electron chi connectivity index (χ4n) is 2.49. The van der Waals surface area contributed by atoms with Gasteiger partial charge in [0.05, 0.1) is 6.61 Å². The highest BCUT2D eigenvalue weighted by Crippen LogP contribution is 2.19. The maximum Gasteiger partial charge on any atom is 0.0589 e. The lowest BCUT2D eigenvalue weighted by atomic mass is 10.1. The Balaban J connectivity index is 2.83. The zero-order chi connectivity index (χ0) is 14.3. The minimum Gasteiger partial charge on any atom is -0.398 e. The summed E-state index contributed by atoms with van der Waals surface area (Å²) >= 11 is 0. The highest BCUT2D eigenvalue weighted by molar-refractivity contribution is 5.48. The summed E-state index contributed by atoms with van der Waals surface area (Å²) in [6.45, 7) is 9.22. The van der Waals surface area contributed by atoms with E-state index in [-0.39, 0.29) is 0 Å². The van der Waals surface area contributed by atoms with E-state index in [1.165, 1.54) is 11.1 Å². The third-order valence-corrected chi connectivity index (χ3v) is 3.71. The Morgan fingerprint density at radius 2 is 1.95 bits per heavy atom. The number of nitrogens with two attached hydrogens (primary N) is 1. The van der Waals surface area contributed by atoms with Gasteiger partial charge in [0.15, 0.2) is 0 Å². The lowest BCUT2D eigenvalue weighted by molar-refractivity contribution is 0.110.